The lowest BCUT2D eigenvalue weighted by molar-refractivity contribution is -0.118. The Morgan fingerprint density at radius 2 is 2.44 bits per heavy atom. The number of hydrogen-bond acceptors (Lipinski definition) is 2. The van der Waals surface area contributed by atoms with E-state index in [4.69, 9.17) is 16.3 Å². The number of carbonyl (C=O) groups excluding carboxylic acids is 1. The zero-order valence-corrected chi connectivity index (χ0v) is 5.86. The summed E-state index contributed by atoms with van der Waals surface area (Å²) in [6.07, 6.45) is 1.85. The first kappa shape index (κ1) is 7.03. The molecule has 1 saturated heterocycles. The molecular weight excluding hydrogens is 140 g/mol. The molecule has 0 unspecified atom stereocenters. The van der Waals surface area contributed by atoms with Crippen LogP contribution in [0.1, 0.15) is 12.8 Å². The van der Waals surface area contributed by atoms with Crippen molar-refractivity contribution in [3.63, 3.8) is 0 Å². The van der Waals surface area contributed by atoms with Gasteiger partial charge in [-0.1, -0.05) is 0 Å². The van der Waals surface area contributed by atoms with Crippen LogP contribution in [0.5, 0.6) is 0 Å². The molecule has 52 valence electrons. The van der Waals surface area contributed by atoms with Crippen LogP contribution in [0.4, 0.5) is 0 Å². The normalized spacial score (nSPS) is 27.9. The van der Waals surface area contributed by atoms with Gasteiger partial charge in [-0.05, 0) is 24.4 Å². The summed E-state index contributed by atoms with van der Waals surface area (Å²) in [5, 5.41) is -0.255. The lowest BCUT2D eigenvalue weighted by atomic mass is 10.0. The van der Waals surface area contributed by atoms with Gasteiger partial charge in [0, 0.05) is 6.61 Å². The summed E-state index contributed by atoms with van der Waals surface area (Å²) in [6.45, 7) is 1.29. The van der Waals surface area contributed by atoms with Gasteiger partial charge in [0.2, 0.25) is 5.24 Å². The first-order valence-electron chi connectivity index (χ1n) is 3.08. The van der Waals surface area contributed by atoms with Crippen LogP contribution in [0.3, 0.4) is 0 Å². The monoisotopic (exact) mass is 148 g/mol. The Kier molecular flexibility index (Phi) is 2.49. The second-order valence-corrected chi connectivity index (χ2v) is 2.59. The number of halogens is 1. The van der Waals surface area contributed by atoms with Gasteiger partial charge in [-0.2, -0.15) is 0 Å². The van der Waals surface area contributed by atoms with Crippen LogP contribution in [0, 0.1) is 5.92 Å². The minimum absolute atomic E-state index is 0.0413. The number of carbonyl (C=O) groups is 1. The molecule has 0 aromatic rings. The van der Waals surface area contributed by atoms with E-state index in [0.717, 1.165) is 19.4 Å². The fourth-order valence-electron chi connectivity index (χ4n) is 0.920. The Labute approximate surface area is 59.1 Å². The molecule has 0 radical (unpaired) electrons. The maximum atomic E-state index is 10.5. The highest BCUT2D eigenvalue weighted by Gasteiger charge is 2.19. The summed E-state index contributed by atoms with van der Waals surface area (Å²) >= 11 is 5.24. The molecule has 1 rings (SSSR count). The van der Waals surface area contributed by atoms with E-state index in [1.165, 1.54) is 0 Å². The highest BCUT2D eigenvalue weighted by Crippen LogP contribution is 2.15. The number of ether oxygens (including phenoxy) is 1. The van der Waals surface area contributed by atoms with Crippen LogP contribution < -0.4 is 0 Å². The molecular formula is C6H9ClO2. The summed E-state index contributed by atoms with van der Waals surface area (Å²) in [7, 11) is 0. The summed E-state index contributed by atoms with van der Waals surface area (Å²) in [6, 6.07) is 0. The zero-order valence-electron chi connectivity index (χ0n) is 5.10. The largest absolute Gasteiger partial charge is 0.381 e. The molecule has 0 spiro atoms. The van der Waals surface area contributed by atoms with Crippen molar-refractivity contribution in [1.29, 1.82) is 0 Å². The first-order valence-corrected chi connectivity index (χ1v) is 3.45. The second kappa shape index (κ2) is 3.18. The van der Waals surface area contributed by atoms with Gasteiger partial charge in [-0.25, -0.2) is 0 Å². The van der Waals surface area contributed by atoms with Crippen LogP contribution in [0.25, 0.3) is 0 Å². The fraction of sp³-hybridized carbons (Fsp3) is 0.833. The molecule has 2 nitrogen and oxygen atoms in total. The third kappa shape index (κ3) is 1.95. The Balaban J connectivity index is 2.31. The van der Waals surface area contributed by atoms with Crippen LogP contribution in [0.2, 0.25) is 0 Å². The highest BCUT2D eigenvalue weighted by molar-refractivity contribution is 6.64. The molecule has 0 saturated carbocycles. The topological polar surface area (TPSA) is 26.3 Å². The average molecular weight is 149 g/mol. The van der Waals surface area contributed by atoms with E-state index >= 15 is 0 Å². The van der Waals surface area contributed by atoms with Crippen LogP contribution >= 0.6 is 11.6 Å². The van der Waals surface area contributed by atoms with E-state index in [1.54, 1.807) is 0 Å². The van der Waals surface area contributed by atoms with E-state index in [0.29, 0.717) is 6.61 Å². The third-order valence-electron chi connectivity index (χ3n) is 1.48. The smallest absolute Gasteiger partial charge is 0.227 e. The highest BCUT2D eigenvalue weighted by atomic mass is 35.5. The van der Waals surface area contributed by atoms with E-state index in [2.05, 4.69) is 0 Å². The minimum Gasteiger partial charge on any atom is -0.381 e. The van der Waals surface area contributed by atoms with Crippen molar-refractivity contribution in [2.45, 2.75) is 12.8 Å². The molecule has 0 bridgehead atoms. The van der Waals surface area contributed by atoms with Gasteiger partial charge in [0.25, 0.3) is 0 Å². The molecule has 1 atom stereocenters. The van der Waals surface area contributed by atoms with Crippen molar-refractivity contribution in [2.75, 3.05) is 13.2 Å². The molecule has 0 amide bonds. The molecule has 0 aromatic heterocycles. The molecule has 1 aliphatic heterocycles. The standard InChI is InChI=1S/C6H9ClO2/c7-6(8)5-2-1-3-9-4-5/h5H,1-4H2/t5-/m1/s1. The maximum absolute atomic E-state index is 10.5. The van der Waals surface area contributed by atoms with Gasteiger partial charge in [-0.15, -0.1) is 0 Å². The average Bonchev–Trinajstić information content (AvgIpc) is 1.90. The zero-order chi connectivity index (χ0) is 6.69. The lowest BCUT2D eigenvalue weighted by Gasteiger charge is -2.17. The fourth-order valence-corrected chi connectivity index (χ4v) is 1.09. The van der Waals surface area contributed by atoms with Gasteiger partial charge < -0.3 is 4.74 Å². The quantitative estimate of drug-likeness (QED) is 0.522. The first-order chi connectivity index (χ1) is 4.30. The van der Waals surface area contributed by atoms with Crippen molar-refractivity contribution in [1.82, 2.24) is 0 Å². The molecule has 0 aromatic carbocycles. The van der Waals surface area contributed by atoms with Gasteiger partial charge in [0.1, 0.15) is 0 Å². The van der Waals surface area contributed by atoms with E-state index < -0.39 is 0 Å². The van der Waals surface area contributed by atoms with Gasteiger partial charge in [-0.3, -0.25) is 4.79 Å². The maximum Gasteiger partial charge on any atom is 0.227 e. The van der Waals surface area contributed by atoms with Crippen molar-refractivity contribution >= 4 is 16.8 Å². The van der Waals surface area contributed by atoms with E-state index in [1.807, 2.05) is 0 Å². The second-order valence-electron chi connectivity index (χ2n) is 2.22. The molecule has 9 heavy (non-hydrogen) atoms. The summed E-state index contributed by atoms with van der Waals surface area (Å²) in [4.78, 5) is 10.5. The van der Waals surface area contributed by atoms with E-state index in [9.17, 15) is 4.79 Å². The molecule has 0 aliphatic carbocycles. The Hall–Kier alpha value is -0.0800. The van der Waals surface area contributed by atoms with Crippen LogP contribution in [0.15, 0.2) is 0 Å². The predicted octanol–water partition coefficient (Wildman–Crippen LogP) is 1.18. The predicted molar refractivity (Wildman–Crippen MR) is 34.4 cm³/mol. The molecule has 1 heterocycles. The summed E-state index contributed by atoms with van der Waals surface area (Å²) in [5.41, 5.74) is 0. The molecule has 0 N–H and O–H groups in total. The van der Waals surface area contributed by atoms with Gasteiger partial charge in [0.05, 0.1) is 12.5 Å². The Bertz CT molecular complexity index is 108. The Morgan fingerprint density at radius 3 is 2.78 bits per heavy atom. The molecule has 1 fully saturated rings. The van der Waals surface area contributed by atoms with Gasteiger partial charge >= 0.3 is 0 Å². The third-order valence-corrected chi connectivity index (χ3v) is 1.79. The summed E-state index contributed by atoms with van der Waals surface area (Å²) < 4.78 is 5.04. The van der Waals surface area contributed by atoms with E-state index in [-0.39, 0.29) is 11.2 Å². The molecule has 3 heteroatoms. The van der Waals surface area contributed by atoms with Crippen LogP contribution in [-0.2, 0) is 9.53 Å². The van der Waals surface area contributed by atoms with Crippen LogP contribution in [-0.4, -0.2) is 18.5 Å². The lowest BCUT2D eigenvalue weighted by Crippen LogP contribution is -2.21. The van der Waals surface area contributed by atoms with Crippen molar-refractivity contribution in [3.05, 3.63) is 0 Å². The number of rotatable bonds is 1. The number of hydrogen-bond donors (Lipinski definition) is 0. The summed E-state index contributed by atoms with van der Waals surface area (Å²) in [5.74, 6) is -0.0413. The molecule has 1 aliphatic rings. The van der Waals surface area contributed by atoms with Crippen molar-refractivity contribution < 1.29 is 9.53 Å². The van der Waals surface area contributed by atoms with Crippen molar-refractivity contribution in [3.8, 4) is 0 Å². The van der Waals surface area contributed by atoms with Gasteiger partial charge in [0.15, 0.2) is 0 Å². The minimum atomic E-state index is -0.255. The Morgan fingerprint density at radius 1 is 1.67 bits per heavy atom. The SMILES string of the molecule is O=C(Cl)[C@@H]1CCCOC1. The van der Waals surface area contributed by atoms with Crippen molar-refractivity contribution in [2.24, 2.45) is 5.92 Å².